The van der Waals surface area contributed by atoms with Crippen LogP contribution in [0.1, 0.15) is 24.8 Å². The molecule has 1 aromatic rings. The van der Waals surface area contributed by atoms with Gasteiger partial charge in [0.25, 0.3) is 0 Å². The van der Waals surface area contributed by atoms with Gasteiger partial charge in [-0.1, -0.05) is 12.1 Å². The van der Waals surface area contributed by atoms with Crippen LogP contribution in [0.25, 0.3) is 0 Å². The Labute approximate surface area is 127 Å². The van der Waals surface area contributed by atoms with Crippen molar-refractivity contribution in [1.29, 1.82) is 0 Å². The van der Waals surface area contributed by atoms with E-state index in [2.05, 4.69) is 28.7 Å². The molecule has 0 saturated carbocycles. The lowest BCUT2D eigenvalue weighted by Gasteiger charge is -2.20. The van der Waals surface area contributed by atoms with Gasteiger partial charge in [0.05, 0.1) is 13.4 Å². The predicted molar refractivity (Wildman–Crippen MR) is 84.2 cm³/mol. The third-order valence-electron chi connectivity index (χ3n) is 4.05. The number of nitrogens with one attached hydrogen (secondary N) is 1. The highest BCUT2D eigenvalue weighted by Gasteiger charge is 2.29. The van der Waals surface area contributed by atoms with E-state index in [9.17, 15) is 8.42 Å². The number of sulfonamides is 1. The van der Waals surface area contributed by atoms with Gasteiger partial charge >= 0.3 is 0 Å². The zero-order chi connectivity index (χ0) is 15.5. The Morgan fingerprint density at radius 2 is 2.00 bits per heavy atom. The number of hydrogen-bond donors (Lipinski definition) is 1. The molecule has 0 amide bonds. The maximum Gasteiger partial charge on any atom is 0.208 e. The van der Waals surface area contributed by atoms with Crippen molar-refractivity contribution >= 4 is 10.0 Å². The van der Waals surface area contributed by atoms with E-state index in [-0.39, 0.29) is 0 Å². The monoisotopic (exact) mass is 312 g/mol. The van der Waals surface area contributed by atoms with Crippen molar-refractivity contribution in [2.24, 2.45) is 0 Å². The van der Waals surface area contributed by atoms with E-state index in [1.54, 1.807) is 7.11 Å². The van der Waals surface area contributed by atoms with Gasteiger partial charge < -0.3 is 4.74 Å². The van der Waals surface area contributed by atoms with Crippen LogP contribution in [-0.2, 0) is 10.0 Å². The molecule has 21 heavy (non-hydrogen) atoms. The minimum atomic E-state index is -3.10. The Balaban J connectivity index is 1.90. The molecule has 0 radical (unpaired) electrons. The molecule has 0 aromatic heterocycles. The second kappa shape index (κ2) is 6.77. The number of methoxy groups -OCH3 is 1. The molecule has 5 nitrogen and oxygen atoms in total. The Morgan fingerprint density at radius 3 is 2.57 bits per heavy atom. The van der Waals surface area contributed by atoms with Gasteiger partial charge in [0.2, 0.25) is 10.0 Å². The van der Waals surface area contributed by atoms with Crippen molar-refractivity contribution in [3.05, 3.63) is 29.8 Å². The third-order valence-corrected chi connectivity index (χ3v) is 4.78. The van der Waals surface area contributed by atoms with Crippen molar-refractivity contribution in [3.8, 4) is 5.75 Å². The van der Waals surface area contributed by atoms with Crippen molar-refractivity contribution in [3.63, 3.8) is 0 Å². The average molecular weight is 312 g/mol. The van der Waals surface area contributed by atoms with Crippen LogP contribution in [-0.4, -0.2) is 52.4 Å². The molecule has 1 saturated heterocycles. The molecule has 118 valence electrons. The highest BCUT2D eigenvalue weighted by molar-refractivity contribution is 7.88. The summed E-state index contributed by atoms with van der Waals surface area (Å²) in [5, 5.41) is 0. The first kappa shape index (κ1) is 16.3. The number of rotatable bonds is 6. The topological polar surface area (TPSA) is 58.6 Å². The van der Waals surface area contributed by atoms with E-state index in [4.69, 9.17) is 4.74 Å². The van der Waals surface area contributed by atoms with Crippen LogP contribution in [0.15, 0.2) is 24.3 Å². The maximum absolute atomic E-state index is 11.1. The van der Waals surface area contributed by atoms with E-state index in [1.807, 2.05) is 12.1 Å². The average Bonchev–Trinajstić information content (AvgIpc) is 2.79. The fourth-order valence-electron chi connectivity index (χ4n) is 2.90. The molecule has 1 aromatic carbocycles. The van der Waals surface area contributed by atoms with Gasteiger partial charge in [0.1, 0.15) is 5.75 Å². The quantitative estimate of drug-likeness (QED) is 0.863. The van der Waals surface area contributed by atoms with Gasteiger partial charge in [0, 0.05) is 25.7 Å². The Morgan fingerprint density at radius 1 is 1.33 bits per heavy atom. The molecule has 1 aliphatic heterocycles. The fraction of sp³-hybridized carbons (Fsp3) is 0.600. The van der Waals surface area contributed by atoms with Crippen LogP contribution in [0.2, 0.25) is 0 Å². The lowest BCUT2D eigenvalue weighted by molar-refractivity contribution is 0.272. The highest BCUT2D eigenvalue weighted by Crippen LogP contribution is 2.32. The van der Waals surface area contributed by atoms with Gasteiger partial charge in [-0.15, -0.1) is 0 Å². The largest absolute Gasteiger partial charge is 0.497 e. The standard InChI is InChI=1S/C15H24N2O3S/c1-12-10-14(13-4-6-15(20-2)7-5-13)11-17(12)9-8-16-21(3,18)19/h4-7,12,14,16H,8-11H2,1-3H3/t12-,14+/m1/s1. The van der Waals surface area contributed by atoms with E-state index >= 15 is 0 Å². The summed E-state index contributed by atoms with van der Waals surface area (Å²) in [5.41, 5.74) is 1.32. The van der Waals surface area contributed by atoms with Crippen LogP contribution in [0, 0.1) is 0 Å². The number of hydrogen-bond acceptors (Lipinski definition) is 4. The Bertz CT molecular complexity index is 557. The summed E-state index contributed by atoms with van der Waals surface area (Å²) in [6.07, 6.45) is 2.30. The molecule has 2 rings (SSSR count). The maximum atomic E-state index is 11.1. The summed E-state index contributed by atoms with van der Waals surface area (Å²) in [5.74, 6) is 1.38. The lowest BCUT2D eigenvalue weighted by Crippen LogP contribution is -2.36. The van der Waals surface area contributed by atoms with Crippen LogP contribution >= 0.6 is 0 Å². The second-order valence-corrected chi connectivity index (χ2v) is 7.55. The molecule has 1 aliphatic rings. The zero-order valence-corrected chi connectivity index (χ0v) is 13.7. The molecule has 1 N–H and O–H groups in total. The van der Waals surface area contributed by atoms with E-state index in [0.29, 0.717) is 18.5 Å². The molecular formula is C15H24N2O3S. The van der Waals surface area contributed by atoms with Crippen LogP contribution in [0.5, 0.6) is 5.75 Å². The number of likely N-dealkylation sites (tertiary alicyclic amines) is 1. The summed E-state index contributed by atoms with van der Waals surface area (Å²) in [7, 11) is -1.43. The van der Waals surface area contributed by atoms with Gasteiger partial charge in [-0.3, -0.25) is 4.90 Å². The summed E-state index contributed by atoms with van der Waals surface area (Å²) in [6, 6.07) is 8.70. The van der Waals surface area contributed by atoms with Crippen molar-refractivity contribution < 1.29 is 13.2 Å². The van der Waals surface area contributed by atoms with Gasteiger partial charge in [-0.05, 0) is 37.0 Å². The molecule has 0 spiro atoms. The Kier molecular flexibility index (Phi) is 5.24. The van der Waals surface area contributed by atoms with Crippen LogP contribution < -0.4 is 9.46 Å². The smallest absolute Gasteiger partial charge is 0.208 e. The van der Waals surface area contributed by atoms with Gasteiger partial charge in [-0.25, -0.2) is 13.1 Å². The fourth-order valence-corrected chi connectivity index (χ4v) is 3.36. The van der Waals surface area contributed by atoms with E-state index in [1.165, 1.54) is 11.8 Å². The molecule has 0 aliphatic carbocycles. The molecule has 1 heterocycles. The summed E-state index contributed by atoms with van der Waals surface area (Å²) < 4.78 is 29.9. The number of benzene rings is 1. The molecule has 0 bridgehead atoms. The van der Waals surface area contributed by atoms with Gasteiger partial charge in [-0.2, -0.15) is 0 Å². The number of nitrogens with zero attached hydrogens (tertiary/aromatic N) is 1. The third kappa shape index (κ3) is 4.69. The first-order valence-electron chi connectivity index (χ1n) is 7.21. The zero-order valence-electron chi connectivity index (χ0n) is 12.9. The lowest BCUT2D eigenvalue weighted by atomic mass is 9.97. The minimum absolute atomic E-state index is 0.471. The molecule has 1 fully saturated rings. The van der Waals surface area contributed by atoms with Crippen LogP contribution in [0.4, 0.5) is 0 Å². The normalized spacial score (nSPS) is 23.4. The SMILES string of the molecule is COc1ccc([C@H]2C[C@@H](C)N(CCNS(C)(=O)=O)C2)cc1. The van der Waals surface area contributed by atoms with Crippen molar-refractivity contribution in [2.75, 3.05) is 33.0 Å². The second-order valence-electron chi connectivity index (χ2n) is 5.72. The van der Waals surface area contributed by atoms with E-state index < -0.39 is 10.0 Å². The molecule has 2 atom stereocenters. The first-order chi connectivity index (χ1) is 9.89. The first-order valence-corrected chi connectivity index (χ1v) is 9.11. The van der Waals surface area contributed by atoms with Gasteiger partial charge in [0.15, 0.2) is 0 Å². The summed E-state index contributed by atoms with van der Waals surface area (Å²) >= 11 is 0. The van der Waals surface area contributed by atoms with Crippen molar-refractivity contribution in [2.45, 2.75) is 25.3 Å². The molecular weight excluding hydrogens is 288 g/mol. The van der Waals surface area contributed by atoms with Crippen molar-refractivity contribution in [1.82, 2.24) is 9.62 Å². The minimum Gasteiger partial charge on any atom is -0.497 e. The summed E-state index contributed by atoms with van der Waals surface area (Å²) in [6.45, 7) is 4.39. The molecule has 6 heteroatoms. The highest BCUT2D eigenvalue weighted by atomic mass is 32.2. The molecule has 0 unspecified atom stereocenters. The van der Waals surface area contributed by atoms with Crippen LogP contribution in [0.3, 0.4) is 0 Å². The summed E-state index contributed by atoms with van der Waals surface area (Å²) in [4.78, 5) is 2.34. The number of ether oxygens (including phenoxy) is 1. The Hall–Kier alpha value is -1.11. The predicted octanol–water partition coefficient (Wildman–Crippen LogP) is 1.42. The van der Waals surface area contributed by atoms with E-state index in [0.717, 1.165) is 25.3 Å².